The third-order valence-electron chi connectivity index (χ3n) is 12.2. The summed E-state index contributed by atoms with van der Waals surface area (Å²) in [6, 6.07) is 29.7. The predicted octanol–water partition coefficient (Wildman–Crippen LogP) is 8.71. The maximum absolute atomic E-state index is 14.1. The molecule has 6 aromatic rings. The van der Waals surface area contributed by atoms with E-state index in [-0.39, 0.29) is 74.0 Å². The molecule has 4 atom stereocenters. The number of carbonyl (C=O) groups excluding carboxylic acids is 3. The summed E-state index contributed by atoms with van der Waals surface area (Å²) >= 11 is 1.58. The number of rotatable bonds is 20. The SMILES string of the molecule is Cc1ncsc1-c1ccc([C@H](C)NC(=O)[C@@H]2C[C@@H](O)CN2C(=O)C(c2cc(OCCOCCOc3ccc(CN4C(=O)/C(=C\C=C\c5ccc([N+](=O)[O-])cc5)c5ccccc54)cc3)no2)C(C)C)cc1. The summed E-state index contributed by atoms with van der Waals surface area (Å²) in [5.74, 6) is -0.663. The molecule has 4 aromatic carbocycles. The van der Waals surface area contributed by atoms with Crippen molar-refractivity contribution in [2.24, 2.45) is 5.92 Å². The second-order valence-corrected chi connectivity index (χ2v) is 18.3. The Labute approximate surface area is 409 Å². The minimum Gasteiger partial charge on any atom is -0.491 e. The molecule has 2 aliphatic heterocycles. The summed E-state index contributed by atoms with van der Waals surface area (Å²) in [6.45, 7) is 9.00. The molecule has 16 nitrogen and oxygen atoms in total. The normalized spacial score (nSPS) is 17.1. The molecule has 3 amide bonds. The monoisotopic (exact) mass is 966 g/mol. The topological polar surface area (TPSA) is 200 Å². The number of ether oxygens (including phenoxy) is 3. The van der Waals surface area contributed by atoms with Gasteiger partial charge in [-0.05, 0) is 83.6 Å². The molecule has 2 N–H and O–H groups in total. The molecule has 4 heterocycles. The number of anilines is 1. The molecule has 8 rings (SSSR count). The third-order valence-corrected chi connectivity index (χ3v) is 13.2. The van der Waals surface area contributed by atoms with E-state index in [2.05, 4.69) is 15.5 Å². The first-order valence-electron chi connectivity index (χ1n) is 23.1. The van der Waals surface area contributed by atoms with Gasteiger partial charge in [0.1, 0.15) is 30.9 Å². The molecule has 17 heteroatoms. The van der Waals surface area contributed by atoms with Crippen LogP contribution in [0.5, 0.6) is 11.6 Å². The number of allylic oxidation sites excluding steroid dienone is 2. The van der Waals surface area contributed by atoms with Crippen molar-refractivity contribution >= 4 is 52.1 Å². The fourth-order valence-electron chi connectivity index (χ4n) is 8.59. The van der Waals surface area contributed by atoms with E-state index in [0.29, 0.717) is 30.2 Å². The third kappa shape index (κ3) is 11.5. The molecule has 70 heavy (non-hydrogen) atoms. The Hall–Kier alpha value is -7.47. The number of nitro groups is 1. The van der Waals surface area contributed by atoms with Crippen molar-refractivity contribution < 1.29 is 43.1 Å². The molecule has 0 saturated carbocycles. The van der Waals surface area contributed by atoms with Gasteiger partial charge in [-0.15, -0.1) is 11.3 Å². The zero-order valence-electron chi connectivity index (χ0n) is 39.2. The highest BCUT2D eigenvalue weighted by Gasteiger charge is 2.43. The zero-order chi connectivity index (χ0) is 49.3. The second kappa shape index (κ2) is 22.3. The number of thiazole rings is 1. The predicted molar refractivity (Wildman–Crippen MR) is 265 cm³/mol. The van der Waals surface area contributed by atoms with E-state index in [1.807, 2.05) is 106 Å². The minimum atomic E-state index is -0.859. The minimum absolute atomic E-state index is 0.0148. The maximum Gasteiger partial charge on any atom is 0.269 e. The van der Waals surface area contributed by atoms with Gasteiger partial charge in [0.2, 0.25) is 11.8 Å². The lowest BCUT2D eigenvalue weighted by atomic mass is 9.91. The Balaban J connectivity index is 0.768. The quantitative estimate of drug-likeness (QED) is 0.0320. The highest BCUT2D eigenvalue weighted by molar-refractivity contribution is 7.13. The Bertz CT molecular complexity index is 2860. The first-order chi connectivity index (χ1) is 33.8. The van der Waals surface area contributed by atoms with E-state index < -0.39 is 23.0 Å². The van der Waals surface area contributed by atoms with Crippen LogP contribution in [0, 0.1) is 23.0 Å². The lowest BCUT2D eigenvalue weighted by molar-refractivity contribution is -0.384. The van der Waals surface area contributed by atoms with Crippen molar-refractivity contribution in [3.63, 3.8) is 0 Å². The number of aliphatic hydroxyl groups is 1. The van der Waals surface area contributed by atoms with Gasteiger partial charge in [-0.25, -0.2) is 4.98 Å². The van der Waals surface area contributed by atoms with Gasteiger partial charge in [0.05, 0.1) is 58.6 Å². The number of amides is 3. The number of hydrogen-bond donors (Lipinski definition) is 2. The fourth-order valence-corrected chi connectivity index (χ4v) is 9.40. The van der Waals surface area contributed by atoms with Crippen molar-refractivity contribution in [3.05, 3.63) is 165 Å². The van der Waals surface area contributed by atoms with Crippen molar-refractivity contribution in [3.8, 4) is 22.1 Å². The van der Waals surface area contributed by atoms with Crippen LogP contribution in [-0.4, -0.2) is 87.9 Å². The molecule has 2 aliphatic rings. The average molecular weight is 967 g/mol. The summed E-state index contributed by atoms with van der Waals surface area (Å²) in [7, 11) is 0. The van der Waals surface area contributed by atoms with Gasteiger partial charge in [-0.2, -0.15) is 0 Å². The Kier molecular flexibility index (Phi) is 15.6. The summed E-state index contributed by atoms with van der Waals surface area (Å²) in [5, 5.41) is 28.7. The average Bonchev–Trinajstić information content (AvgIpc) is 4.16. The zero-order valence-corrected chi connectivity index (χ0v) is 40.0. The Morgan fingerprint density at radius 3 is 2.40 bits per heavy atom. The van der Waals surface area contributed by atoms with Gasteiger partial charge in [0.25, 0.3) is 17.5 Å². The van der Waals surface area contributed by atoms with Crippen LogP contribution in [-0.2, 0) is 25.7 Å². The summed E-state index contributed by atoms with van der Waals surface area (Å²) in [4.78, 5) is 60.6. The van der Waals surface area contributed by atoms with Crippen LogP contribution in [0.25, 0.3) is 22.1 Å². The van der Waals surface area contributed by atoms with Gasteiger partial charge in [0, 0.05) is 42.3 Å². The van der Waals surface area contributed by atoms with Crippen molar-refractivity contribution in [1.82, 2.24) is 20.4 Å². The molecule has 0 aliphatic carbocycles. The number of nitro benzene ring substituents is 1. The number of para-hydroxylation sites is 1. The van der Waals surface area contributed by atoms with Crippen LogP contribution in [0.1, 0.15) is 72.9 Å². The molecular formula is C53H54N6O10S. The van der Waals surface area contributed by atoms with E-state index in [1.165, 1.54) is 17.0 Å². The number of nitrogens with zero attached hydrogens (tertiary/aromatic N) is 5. The number of likely N-dealkylation sites (tertiary alicyclic amines) is 1. The molecule has 1 fully saturated rings. The Morgan fingerprint density at radius 1 is 0.971 bits per heavy atom. The fraction of sp³-hybridized carbons (Fsp3) is 0.302. The number of benzene rings is 4. The number of aliphatic hydroxyl groups excluding tert-OH is 1. The second-order valence-electron chi connectivity index (χ2n) is 17.5. The van der Waals surface area contributed by atoms with Gasteiger partial charge in [0.15, 0.2) is 5.76 Å². The van der Waals surface area contributed by atoms with Crippen molar-refractivity contribution in [2.75, 3.05) is 37.9 Å². The lowest BCUT2D eigenvalue weighted by Crippen LogP contribution is -2.48. The molecule has 362 valence electrons. The number of aryl methyl sites for hydroxylation is 1. The number of carbonyl (C=O) groups is 3. The number of hydrogen-bond acceptors (Lipinski definition) is 13. The summed E-state index contributed by atoms with van der Waals surface area (Å²) in [5.41, 5.74) is 8.65. The van der Waals surface area contributed by atoms with Gasteiger partial charge < -0.3 is 39.0 Å². The molecule has 0 radical (unpaired) electrons. The number of aromatic nitrogens is 2. The lowest BCUT2D eigenvalue weighted by Gasteiger charge is -2.29. The van der Waals surface area contributed by atoms with E-state index in [4.69, 9.17) is 18.7 Å². The number of non-ortho nitro benzene ring substituents is 1. The smallest absolute Gasteiger partial charge is 0.269 e. The van der Waals surface area contributed by atoms with E-state index in [1.54, 1.807) is 52.7 Å². The maximum atomic E-state index is 14.1. The van der Waals surface area contributed by atoms with Crippen LogP contribution in [0.2, 0.25) is 0 Å². The van der Waals surface area contributed by atoms with E-state index in [0.717, 1.165) is 44.1 Å². The van der Waals surface area contributed by atoms with E-state index in [9.17, 15) is 29.6 Å². The molecule has 1 saturated heterocycles. The molecule has 1 unspecified atom stereocenters. The Morgan fingerprint density at radius 2 is 1.70 bits per heavy atom. The van der Waals surface area contributed by atoms with Gasteiger partial charge in [-0.3, -0.25) is 24.5 Å². The van der Waals surface area contributed by atoms with Crippen LogP contribution >= 0.6 is 11.3 Å². The van der Waals surface area contributed by atoms with Crippen LogP contribution in [0.3, 0.4) is 0 Å². The van der Waals surface area contributed by atoms with Crippen molar-refractivity contribution in [1.29, 1.82) is 0 Å². The van der Waals surface area contributed by atoms with Crippen LogP contribution in [0.4, 0.5) is 11.4 Å². The molecular weight excluding hydrogens is 913 g/mol. The molecule has 0 spiro atoms. The summed E-state index contributed by atoms with van der Waals surface area (Å²) in [6.07, 6.45) is 4.61. The van der Waals surface area contributed by atoms with Crippen LogP contribution in [0.15, 0.2) is 125 Å². The first kappa shape index (κ1) is 49.0. The summed E-state index contributed by atoms with van der Waals surface area (Å²) < 4.78 is 23.0. The first-order valence-corrected chi connectivity index (χ1v) is 23.9. The standard InChI is InChI=1S/C53H54N6O10S/c1-33(2)49(53(63)58-31-41(60)28-46(58)51(61)55-34(3)38-16-18-39(19-17-38)50-35(4)54-32-70-50)47-29-48(56-69-47)68-27-25-66-24-26-67-42-22-14-37(15-23-42)30-57-45-11-6-5-9-43(45)44(52(57)62)10-7-8-36-12-20-40(21-13-36)59(64)65/h5-23,29,32-34,41,46,49,60H,24-28,30-31H2,1-4H3,(H,55,61)/b8-7+,44-10-/t34-,41+,46-,49?/m0/s1. The number of β-amino-alcohol motifs (C(OH)–C–C–N with tert-alkyl or cyclic N) is 1. The number of nitrogens with one attached hydrogen (secondary N) is 1. The van der Waals surface area contributed by atoms with Gasteiger partial charge >= 0.3 is 0 Å². The highest BCUT2D eigenvalue weighted by Crippen LogP contribution is 2.38. The molecule has 0 bridgehead atoms. The number of fused-ring (bicyclic) bond motifs is 1. The van der Waals surface area contributed by atoms with Crippen molar-refractivity contribution in [2.45, 2.75) is 64.8 Å². The largest absolute Gasteiger partial charge is 0.491 e. The highest BCUT2D eigenvalue weighted by atomic mass is 32.1. The molecule has 2 aromatic heterocycles. The van der Waals surface area contributed by atoms with Gasteiger partial charge in [-0.1, -0.05) is 80.6 Å². The van der Waals surface area contributed by atoms with E-state index >= 15 is 0 Å². The van der Waals surface area contributed by atoms with Crippen LogP contribution < -0.4 is 19.7 Å².